The minimum atomic E-state index is -3.93. The van der Waals surface area contributed by atoms with Crippen molar-refractivity contribution in [3.8, 4) is 5.75 Å². The van der Waals surface area contributed by atoms with E-state index in [1.54, 1.807) is 24.3 Å². The van der Waals surface area contributed by atoms with Crippen LogP contribution in [0.4, 0.5) is 0 Å². The molecule has 1 unspecified atom stereocenters. The second-order valence-electron chi connectivity index (χ2n) is 9.24. The second kappa shape index (κ2) is 10.3. The van der Waals surface area contributed by atoms with Crippen molar-refractivity contribution in [3.05, 3.63) is 69.1 Å². The zero-order chi connectivity index (χ0) is 25.2. The van der Waals surface area contributed by atoms with Crippen molar-refractivity contribution in [1.82, 2.24) is 4.72 Å². The number of benzene rings is 2. The zero-order valence-electron chi connectivity index (χ0n) is 20.3. The molecule has 0 saturated heterocycles. The fourth-order valence-corrected chi connectivity index (χ4v) is 5.75. The summed E-state index contributed by atoms with van der Waals surface area (Å²) < 4.78 is 40.0. The fourth-order valence-electron chi connectivity index (χ4n) is 4.53. The smallest absolute Gasteiger partial charge is 0.339 e. The van der Waals surface area contributed by atoms with E-state index in [0.717, 1.165) is 36.0 Å². The molecule has 0 amide bonds. The molecule has 2 aromatic carbocycles. The number of esters is 1. The minimum absolute atomic E-state index is 0.0919. The number of hydrogen-bond donors (Lipinski definition) is 1. The molecule has 0 saturated carbocycles. The van der Waals surface area contributed by atoms with E-state index in [2.05, 4.69) is 4.72 Å². The Labute approximate surface area is 205 Å². The molecule has 1 atom stereocenters. The van der Waals surface area contributed by atoms with Gasteiger partial charge in [-0.25, -0.2) is 18.0 Å². The molecule has 0 fully saturated rings. The Bertz CT molecular complexity index is 1410. The van der Waals surface area contributed by atoms with Crippen molar-refractivity contribution >= 4 is 27.0 Å². The predicted molar refractivity (Wildman–Crippen MR) is 134 cm³/mol. The highest BCUT2D eigenvalue weighted by molar-refractivity contribution is 7.89. The number of nitrogens with one attached hydrogen (secondary N) is 1. The Kier molecular flexibility index (Phi) is 7.42. The number of hydrogen-bond acceptors (Lipinski definition) is 6. The summed E-state index contributed by atoms with van der Waals surface area (Å²) in [5.41, 5.74) is 3.23. The third kappa shape index (κ3) is 5.49. The number of carbonyl (C=O) groups excluding carboxylic acids is 1. The van der Waals surface area contributed by atoms with Gasteiger partial charge >= 0.3 is 11.6 Å². The molecule has 1 aromatic heterocycles. The van der Waals surface area contributed by atoms with E-state index >= 15 is 0 Å². The number of sulfonamides is 1. The van der Waals surface area contributed by atoms with Gasteiger partial charge in [0.2, 0.25) is 10.0 Å². The average Bonchev–Trinajstić information content (AvgIpc) is 2.81. The lowest BCUT2D eigenvalue weighted by Gasteiger charge is -2.21. The highest BCUT2D eigenvalue weighted by Gasteiger charge is 2.29. The number of fused-ring (bicyclic) bond motifs is 3. The average molecular weight is 498 g/mol. The molecule has 8 heteroatoms. The van der Waals surface area contributed by atoms with Crippen LogP contribution in [0.25, 0.3) is 11.0 Å². The fraction of sp³-hybridized carbons (Fsp3) is 0.407. The first kappa shape index (κ1) is 25.1. The van der Waals surface area contributed by atoms with Gasteiger partial charge in [-0.05, 0) is 81.3 Å². The van der Waals surface area contributed by atoms with Gasteiger partial charge in [0, 0.05) is 5.56 Å². The molecule has 0 radical (unpaired) electrons. The van der Waals surface area contributed by atoms with Crippen LogP contribution in [0, 0.1) is 13.8 Å². The zero-order valence-corrected chi connectivity index (χ0v) is 21.2. The van der Waals surface area contributed by atoms with Gasteiger partial charge in [-0.1, -0.05) is 37.5 Å². The molecule has 0 aliphatic heterocycles. The van der Waals surface area contributed by atoms with Crippen molar-refractivity contribution in [2.75, 3.05) is 0 Å². The van der Waals surface area contributed by atoms with Crippen molar-refractivity contribution in [3.63, 3.8) is 0 Å². The Balaban J connectivity index is 1.69. The summed E-state index contributed by atoms with van der Waals surface area (Å²) in [7, 11) is -3.93. The summed E-state index contributed by atoms with van der Waals surface area (Å²) in [5.74, 6) is -0.389. The van der Waals surface area contributed by atoms with E-state index in [1.165, 1.54) is 12.1 Å². The lowest BCUT2D eigenvalue weighted by Crippen LogP contribution is -2.43. The van der Waals surface area contributed by atoms with Crippen LogP contribution in [0.1, 0.15) is 61.3 Å². The molecule has 0 bridgehead atoms. The topological polar surface area (TPSA) is 103 Å². The maximum Gasteiger partial charge on any atom is 0.339 e. The Hall–Kier alpha value is -2.97. The Morgan fingerprint density at radius 3 is 2.43 bits per heavy atom. The van der Waals surface area contributed by atoms with Crippen LogP contribution >= 0.6 is 0 Å². The van der Waals surface area contributed by atoms with Gasteiger partial charge in [-0.2, -0.15) is 4.72 Å². The van der Waals surface area contributed by atoms with Crippen molar-refractivity contribution in [2.45, 2.75) is 76.7 Å². The van der Waals surface area contributed by atoms with Crippen LogP contribution in [0.2, 0.25) is 0 Å². The van der Waals surface area contributed by atoms with Crippen molar-refractivity contribution in [1.29, 1.82) is 0 Å². The molecule has 7 nitrogen and oxygen atoms in total. The summed E-state index contributed by atoms with van der Waals surface area (Å²) >= 11 is 0. The first-order valence-electron chi connectivity index (χ1n) is 12.1. The highest BCUT2D eigenvalue weighted by atomic mass is 32.2. The predicted octanol–water partition coefficient (Wildman–Crippen LogP) is 4.73. The third-order valence-electron chi connectivity index (χ3n) is 6.40. The van der Waals surface area contributed by atoms with Gasteiger partial charge in [-0.15, -0.1) is 0 Å². The molecule has 1 N–H and O–H groups in total. The molecule has 1 aliphatic carbocycles. The summed E-state index contributed by atoms with van der Waals surface area (Å²) in [5, 5.41) is 0.619. The molecule has 35 heavy (non-hydrogen) atoms. The van der Waals surface area contributed by atoms with Crippen LogP contribution in [-0.4, -0.2) is 20.4 Å². The largest absolute Gasteiger partial charge is 0.425 e. The van der Waals surface area contributed by atoms with Gasteiger partial charge in [0.25, 0.3) is 0 Å². The first-order chi connectivity index (χ1) is 16.7. The van der Waals surface area contributed by atoms with Crippen molar-refractivity contribution in [2.24, 2.45) is 0 Å². The van der Waals surface area contributed by atoms with Gasteiger partial charge in [-0.3, -0.25) is 0 Å². The van der Waals surface area contributed by atoms with Gasteiger partial charge < -0.3 is 9.15 Å². The van der Waals surface area contributed by atoms with Crippen LogP contribution in [0.3, 0.4) is 0 Å². The molecular formula is C27H31NO6S. The number of aryl methyl sites for hydroxylation is 3. The van der Waals surface area contributed by atoms with Crippen LogP contribution in [0.5, 0.6) is 5.75 Å². The van der Waals surface area contributed by atoms with E-state index in [9.17, 15) is 18.0 Å². The monoisotopic (exact) mass is 497 g/mol. The number of ether oxygens (including phenoxy) is 1. The van der Waals surface area contributed by atoms with E-state index in [0.29, 0.717) is 48.0 Å². The van der Waals surface area contributed by atoms with E-state index in [4.69, 9.17) is 9.15 Å². The molecule has 0 spiro atoms. The molecule has 3 aromatic rings. The standard InChI is InChI=1S/C27H31NO6S/c1-4-5-10-22(28-35(31,32)19-13-11-17(2)12-14-19)27(30)34-24-16-18(3)15-23-25(24)20-8-6-7-9-21(20)26(29)33-23/h11-16,22,28H,4-10H2,1-3H3. The lowest BCUT2D eigenvalue weighted by molar-refractivity contribution is -0.136. The number of rotatable bonds is 8. The van der Waals surface area contributed by atoms with Crippen LogP contribution < -0.4 is 15.1 Å². The summed E-state index contributed by atoms with van der Waals surface area (Å²) in [6.45, 7) is 5.67. The maximum atomic E-state index is 13.3. The molecule has 1 aliphatic rings. The normalized spacial score (nSPS) is 14.5. The lowest BCUT2D eigenvalue weighted by atomic mass is 9.90. The minimum Gasteiger partial charge on any atom is -0.425 e. The number of unbranched alkanes of at least 4 members (excludes halogenated alkanes) is 1. The van der Waals surface area contributed by atoms with Crippen LogP contribution in [-0.2, 0) is 27.7 Å². The van der Waals surface area contributed by atoms with E-state index in [1.807, 2.05) is 20.8 Å². The first-order valence-corrected chi connectivity index (χ1v) is 13.6. The summed E-state index contributed by atoms with van der Waals surface area (Å²) in [6.07, 6.45) is 4.91. The highest BCUT2D eigenvalue weighted by Crippen LogP contribution is 2.35. The summed E-state index contributed by atoms with van der Waals surface area (Å²) in [4.78, 5) is 25.9. The molecule has 4 rings (SSSR count). The Morgan fingerprint density at radius 1 is 1.06 bits per heavy atom. The third-order valence-corrected chi connectivity index (χ3v) is 7.89. The summed E-state index contributed by atoms with van der Waals surface area (Å²) in [6, 6.07) is 8.90. The van der Waals surface area contributed by atoms with Gasteiger partial charge in [0.15, 0.2) is 0 Å². The quantitative estimate of drug-likeness (QED) is 0.274. The SMILES string of the molecule is CCCCC(NS(=O)(=O)c1ccc(C)cc1)C(=O)Oc1cc(C)cc2oc(=O)c3c(c12)CCCC3. The maximum absolute atomic E-state index is 13.3. The molecule has 186 valence electrons. The Morgan fingerprint density at radius 2 is 1.74 bits per heavy atom. The molecule has 1 heterocycles. The van der Waals surface area contributed by atoms with Gasteiger partial charge in [0.1, 0.15) is 17.4 Å². The molecular weight excluding hydrogens is 466 g/mol. The van der Waals surface area contributed by atoms with Gasteiger partial charge in [0.05, 0.1) is 10.3 Å². The van der Waals surface area contributed by atoms with E-state index < -0.39 is 22.0 Å². The van der Waals surface area contributed by atoms with Crippen molar-refractivity contribution < 1.29 is 22.4 Å². The van der Waals surface area contributed by atoms with E-state index in [-0.39, 0.29) is 10.5 Å². The number of carbonyl (C=O) groups is 1. The second-order valence-corrected chi connectivity index (χ2v) is 11.0. The van der Waals surface area contributed by atoms with Crippen LogP contribution in [0.15, 0.2) is 50.5 Å².